The van der Waals surface area contributed by atoms with Gasteiger partial charge in [-0.25, -0.2) is 0 Å². The SMILES string of the molecule is C(=C\c1cccc2[n+]1CCCc1ccc3c(c1-2)-c1cccc(/C=C/c2ccc4ccccc4c2)[n+]1CCC3)/c1ccc2ccccc2c1. The van der Waals surface area contributed by atoms with E-state index in [1.165, 1.54) is 77.7 Å². The van der Waals surface area contributed by atoms with Gasteiger partial charge in [0.2, 0.25) is 22.8 Å². The van der Waals surface area contributed by atoms with Crippen molar-refractivity contribution in [3.63, 3.8) is 0 Å². The first-order chi connectivity index (χ1) is 23.8. The number of hydrogen-bond donors (Lipinski definition) is 0. The molecule has 0 spiro atoms. The smallest absolute Gasteiger partial charge is 0.192 e. The van der Waals surface area contributed by atoms with Crippen LogP contribution in [0, 0.1) is 0 Å². The van der Waals surface area contributed by atoms with E-state index in [1.54, 1.807) is 0 Å². The van der Waals surface area contributed by atoms with Gasteiger partial charge in [-0.15, -0.1) is 0 Å². The maximum Gasteiger partial charge on any atom is 0.214 e. The molecule has 0 unspecified atom stereocenters. The van der Waals surface area contributed by atoms with Gasteiger partial charge >= 0.3 is 0 Å². The Bertz CT molecular complexity index is 2240. The molecule has 230 valence electrons. The number of aryl methyl sites for hydroxylation is 2. The van der Waals surface area contributed by atoms with Crippen LogP contribution < -0.4 is 9.13 Å². The summed E-state index contributed by atoms with van der Waals surface area (Å²) in [6, 6.07) is 49.2. The third-order valence-corrected chi connectivity index (χ3v) is 10.2. The van der Waals surface area contributed by atoms with Crippen molar-refractivity contribution in [1.29, 1.82) is 0 Å². The minimum absolute atomic E-state index is 1.01. The first-order valence-corrected chi connectivity index (χ1v) is 17.3. The van der Waals surface area contributed by atoms with Crippen molar-refractivity contribution in [3.05, 3.63) is 167 Å². The highest BCUT2D eigenvalue weighted by molar-refractivity contribution is 5.88. The third-order valence-electron chi connectivity index (χ3n) is 10.2. The quantitative estimate of drug-likeness (QED) is 0.174. The van der Waals surface area contributed by atoms with Crippen molar-refractivity contribution in [3.8, 4) is 22.5 Å². The molecule has 0 atom stereocenters. The molecule has 2 aliphatic heterocycles. The summed E-state index contributed by atoms with van der Waals surface area (Å²) < 4.78 is 5.12. The molecular formula is C46H38N2+2. The second-order valence-corrected chi connectivity index (χ2v) is 13.2. The third kappa shape index (κ3) is 5.24. The van der Waals surface area contributed by atoms with Crippen LogP contribution in [0.3, 0.4) is 0 Å². The zero-order chi connectivity index (χ0) is 31.9. The van der Waals surface area contributed by atoms with E-state index in [9.17, 15) is 0 Å². The summed E-state index contributed by atoms with van der Waals surface area (Å²) in [5.74, 6) is 0. The van der Waals surface area contributed by atoms with Crippen LogP contribution in [0.4, 0.5) is 0 Å². The van der Waals surface area contributed by atoms with Crippen molar-refractivity contribution >= 4 is 45.8 Å². The molecule has 0 bridgehead atoms. The highest BCUT2D eigenvalue weighted by Crippen LogP contribution is 2.39. The first-order valence-electron chi connectivity index (χ1n) is 17.3. The van der Waals surface area contributed by atoms with Crippen molar-refractivity contribution < 1.29 is 9.13 Å². The molecule has 9 rings (SSSR count). The average Bonchev–Trinajstić information content (AvgIpc) is 3.45. The van der Waals surface area contributed by atoms with E-state index >= 15 is 0 Å². The zero-order valence-electron chi connectivity index (χ0n) is 27.1. The fraction of sp³-hybridized carbons (Fsp3) is 0.130. The van der Waals surface area contributed by atoms with Crippen LogP contribution in [0.5, 0.6) is 0 Å². The van der Waals surface area contributed by atoms with E-state index < -0.39 is 0 Å². The minimum atomic E-state index is 1.01. The Labute approximate surface area is 282 Å². The van der Waals surface area contributed by atoms with Gasteiger partial charge in [-0.3, -0.25) is 0 Å². The van der Waals surface area contributed by atoms with E-state index in [4.69, 9.17) is 0 Å². The molecule has 4 heterocycles. The van der Waals surface area contributed by atoms with E-state index in [2.05, 4.69) is 167 Å². The second-order valence-electron chi connectivity index (χ2n) is 13.2. The fourth-order valence-corrected chi connectivity index (χ4v) is 7.87. The molecule has 48 heavy (non-hydrogen) atoms. The maximum absolute atomic E-state index is 2.56. The summed E-state index contributed by atoms with van der Waals surface area (Å²) in [5.41, 5.74) is 13.3. The molecular weight excluding hydrogens is 581 g/mol. The van der Waals surface area contributed by atoms with Crippen LogP contribution in [0.25, 0.3) is 68.4 Å². The largest absolute Gasteiger partial charge is 0.214 e. The Morgan fingerprint density at radius 1 is 0.396 bits per heavy atom. The van der Waals surface area contributed by atoms with Gasteiger partial charge in [-0.1, -0.05) is 84.9 Å². The van der Waals surface area contributed by atoms with Crippen LogP contribution in [0.1, 0.15) is 46.5 Å². The first kappa shape index (κ1) is 28.6. The van der Waals surface area contributed by atoms with E-state index in [0.29, 0.717) is 0 Å². The predicted molar refractivity (Wildman–Crippen MR) is 200 cm³/mol. The number of pyridine rings is 2. The Morgan fingerprint density at radius 2 is 0.854 bits per heavy atom. The van der Waals surface area contributed by atoms with Crippen molar-refractivity contribution in [2.24, 2.45) is 0 Å². The van der Waals surface area contributed by atoms with Crippen molar-refractivity contribution in [2.45, 2.75) is 38.8 Å². The molecule has 7 aromatic rings. The van der Waals surface area contributed by atoms with E-state index in [-0.39, 0.29) is 0 Å². The van der Waals surface area contributed by atoms with Gasteiger partial charge in [-0.2, -0.15) is 9.13 Å². The Kier molecular flexibility index (Phi) is 7.28. The number of aromatic nitrogens is 2. The van der Waals surface area contributed by atoms with Gasteiger partial charge in [0, 0.05) is 49.3 Å². The molecule has 2 nitrogen and oxygen atoms in total. The minimum Gasteiger partial charge on any atom is -0.192 e. The monoisotopic (exact) mass is 618 g/mol. The summed E-state index contributed by atoms with van der Waals surface area (Å²) in [6.45, 7) is 2.01. The zero-order valence-corrected chi connectivity index (χ0v) is 27.1. The van der Waals surface area contributed by atoms with Crippen LogP contribution in [0.15, 0.2) is 133 Å². The summed E-state index contributed by atoms with van der Waals surface area (Å²) in [6.07, 6.45) is 13.6. The molecule has 0 saturated heterocycles. The number of fused-ring (bicyclic) bond motifs is 9. The molecule has 2 aliphatic rings. The second kappa shape index (κ2) is 12.2. The summed E-state index contributed by atoms with van der Waals surface area (Å²) in [5, 5.41) is 5.11. The number of nitrogens with zero attached hydrogens (tertiary/aromatic N) is 2. The Balaban J connectivity index is 1.14. The van der Waals surface area contributed by atoms with Gasteiger partial charge in [0.25, 0.3) is 0 Å². The van der Waals surface area contributed by atoms with Gasteiger partial charge in [0.15, 0.2) is 0 Å². The molecule has 2 heteroatoms. The average molecular weight is 619 g/mol. The van der Waals surface area contributed by atoms with Gasteiger partial charge < -0.3 is 0 Å². The van der Waals surface area contributed by atoms with Crippen LogP contribution in [-0.2, 0) is 25.9 Å². The summed E-state index contributed by atoms with van der Waals surface area (Å²) >= 11 is 0. The molecule has 0 saturated carbocycles. The van der Waals surface area contributed by atoms with Crippen LogP contribution in [-0.4, -0.2) is 0 Å². The molecule has 0 fully saturated rings. The van der Waals surface area contributed by atoms with Gasteiger partial charge in [-0.05, 0) is 93.1 Å². The predicted octanol–water partition coefficient (Wildman–Crippen LogP) is 10.1. The van der Waals surface area contributed by atoms with Crippen molar-refractivity contribution in [1.82, 2.24) is 0 Å². The fourth-order valence-electron chi connectivity index (χ4n) is 7.87. The number of benzene rings is 5. The summed E-state index contributed by atoms with van der Waals surface area (Å²) in [4.78, 5) is 0. The highest BCUT2D eigenvalue weighted by Gasteiger charge is 2.32. The number of hydrogen-bond acceptors (Lipinski definition) is 0. The Morgan fingerprint density at radius 3 is 1.33 bits per heavy atom. The number of rotatable bonds is 4. The molecule has 5 aromatic carbocycles. The lowest BCUT2D eigenvalue weighted by Gasteiger charge is -2.14. The maximum atomic E-state index is 2.56. The Hall–Kier alpha value is -5.60. The van der Waals surface area contributed by atoms with E-state index in [1.807, 2.05) is 0 Å². The molecule has 0 radical (unpaired) electrons. The standard InChI is InChI=1S/C46H38N2/c1-3-11-39-31-33(19-23-35(39)9-1)21-27-41-15-5-17-43-45-37(13-7-29-47(41)43)25-26-38-14-8-30-48-42(16-6-18-44(48)46(38)45)28-22-34-20-24-36-10-2-4-12-40(36)32-34/h1-6,9-12,15-28,31-32H,7-8,13-14,29-30H2/q+2/b27-21+,28-22+. The highest BCUT2D eigenvalue weighted by atomic mass is 15.0. The van der Waals surface area contributed by atoms with Crippen molar-refractivity contribution in [2.75, 3.05) is 0 Å². The molecule has 0 N–H and O–H groups in total. The topological polar surface area (TPSA) is 7.76 Å². The molecule has 0 amide bonds. The normalized spacial score (nSPS) is 14.0. The van der Waals surface area contributed by atoms with Gasteiger partial charge in [0.1, 0.15) is 13.1 Å². The van der Waals surface area contributed by atoms with Crippen LogP contribution in [0.2, 0.25) is 0 Å². The van der Waals surface area contributed by atoms with Crippen LogP contribution >= 0.6 is 0 Å². The molecule has 0 aliphatic carbocycles. The summed E-state index contributed by atoms with van der Waals surface area (Å²) in [7, 11) is 0. The van der Waals surface area contributed by atoms with Gasteiger partial charge in [0.05, 0.1) is 11.1 Å². The molecule has 2 aromatic heterocycles. The van der Waals surface area contributed by atoms with E-state index in [0.717, 1.165) is 38.8 Å². The lowest BCUT2D eigenvalue weighted by molar-refractivity contribution is -0.689. The lowest BCUT2D eigenvalue weighted by atomic mass is 9.88. The lowest BCUT2D eigenvalue weighted by Crippen LogP contribution is -2.40.